The fraction of sp³-hybridized carbons (Fsp3) is 0.714. The predicted octanol–water partition coefficient (Wildman–Crippen LogP) is 9.50. The molecule has 230 valence electrons. The molecule has 5 nitrogen and oxygen atoms in total. The molecular formula is C35H60O5. The fourth-order valence-electron chi connectivity index (χ4n) is 4.07. The molecule has 0 radical (unpaired) electrons. The maximum absolute atomic E-state index is 12.1. The third-order valence-corrected chi connectivity index (χ3v) is 6.60. The molecule has 0 aliphatic heterocycles. The molecule has 0 aromatic rings. The van der Waals surface area contributed by atoms with Crippen LogP contribution in [0.5, 0.6) is 0 Å². The van der Waals surface area contributed by atoms with E-state index in [0.29, 0.717) is 12.8 Å². The van der Waals surface area contributed by atoms with Gasteiger partial charge in [-0.3, -0.25) is 9.59 Å². The highest BCUT2D eigenvalue weighted by atomic mass is 16.6. The van der Waals surface area contributed by atoms with Crippen LogP contribution in [0, 0.1) is 0 Å². The highest BCUT2D eigenvalue weighted by Gasteiger charge is 2.15. The second kappa shape index (κ2) is 31.4. The Hall–Kier alpha value is -2.14. The highest BCUT2D eigenvalue weighted by Crippen LogP contribution is 2.10. The van der Waals surface area contributed by atoms with Crippen molar-refractivity contribution < 1.29 is 24.2 Å². The maximum Gasteiger partial charge on any atom is 0.306 e. The summed E-state index contributed by atoms with van der Waals surface area (Å²) in [6.07, 6.45) is 37.3. The third kappa shape index (κ3) is 28.9. The number of aliphatic hydroxyl groups excluding tert-OH is 1. The summed E-state index contributed by atoms with van der Waals surface area (Å²) in [6, 6.07) is 0. The Labute approximate surface area is 246 Å². The molecule has 0 bridgehead atoms. The molecule has 0 unspecified atom stereocenters. The molecule has 0 saturated carbocycles. The molecule has 0 aliphatic rings. The Balaban J connectivity index is 3.71. The van der Waals surface area contributed by atoms with Gasteiger partial charge in [0.1, 0.15) is 6.61 Å². The molecule has 0 aromatic carbocycles. The Kier molecular flexibility index (Phi) is 29.7. The van der Waals surface area contributed by atoms with Gasteiger partial charge in [0, 0.05) is 12.8 Å². The van der Waals surface area contributed by atoms with Gasteiger partial charge in [-0.05, 0) is 70.6 Å². The number of esters is 2. The van der Waals surface area contributed by atoms with E-state index in [0.717, 1.165) is 57.8 Å². The van der Waals surface area contributed by atoms with Crippen molar-refractivity contribution in [3.05, 3.63) is 48.6 Å². The lowest BCUT2D eigenvalue weighted by molar-refractivity contribution is -0.161. The number of carbonyl (C=O) groups excluding carboxylic acids is 2. The van der Waals surface area contributed by atoms with Crippen molar-refractivity contribution in [2.45, 2.75) is 148 Å². The monoisotopic (exact) mass is 560 g/mol. The highest BCUT2D eigenvalue weighted by molar-refractivity contribution is 5.70. The van der Waals surface area contributed by atoms with E-state index in [-0.39, 0.29) is 25.2 Å². The van der Waals surface area contributed by atoms with Gasteiger partial charge in [-0.15, -0.1) is 0 Å². The number of ether oxygens (including phenoxy) is 2. The smallest absolute Gasteiger partial charge is 0.306 e. The van der Waals surface area contributed by atoms with E-state index in [1.807, 2.05) is 0 Å². The topological polar surface area (TPSA) is 72.8 Å². The Morgan fingerprint density at radius 1 is 0.575 bits per heavy atom. The molecule has 0 aromatic heterocycles. The molecule has 0 heterocycles. The molecule has 0 rings (SSSR count). The van der Waals surface area contributed by atoms with E-state index < -0.39 is 6.10 Å². The largest absolute Gasteiger partial charge is 0.462 e. The van der Waals surface area contributed by atoms with Gasteiger partial charge in [-0.2, -0.15) is 0 Å². The van der Waals surface area contributed by atoms with E-state index in [1.165, 1.54) is 57.8 Å². The summed E-state index contributed by atoms with van der Waals surface area (Å²) >= 11 is 0. The standard InChI is InChI=1S/C35H60O5/c1-3-5-7-9-11-13-15-16-17-18-20-22-24-26-28-30-35(38)40-33(31-36)32-39-34(37)29-27-25-23-21-19-14-12-10-8-6-4-2/h10-13,16-17,20,22,33,36H,3-9,14-15,18-19,21,23-32H2,1-2H3/b12-10-,13-11-,17-16-,22-20-/t33-/m0/s1. The Morgan fingerprint density at radius 2 is 1.02 bits per heavy atom. The minimum atomic E-state index is -0.792. The summed E-state index contributed by atoms with van der Waals surface area (Å²) in [5.41, 5.74) is 0. The number of aliphatic hydroxyl groups is 1. The SMILES string of the molecule is CCCC/C=C\CCCCCCCC(=O)OC[C@H](CO)OC(=O)CCCC/C=C\C/C=C\C/C=C\CCCCC. The van der Waals surface area contributed by atoms with Crippen LogP contribution in [0.15, 0.2) is 48.6 Å². The van der Waals surface area contributed by atoms with E-state index in [9.17, 15) is 14.7 Å². The maximum atomic E-state index is 12.1. The quantitative estimate of drug-likeness (QED) is 0.0586. The molecule has 1 N–H and O–H groups in total. The van der Waals surface area contributed by atoms with Crippen LogP contribution < -0.4 is 0 Å². The minimum Gasteiger partial charge on any atom is -0.462 e. The van der Waals surface area contributed by atoms with Crippen LogP contribution in [0.25, 0.3) is 0 Å². The summed E-state index contributed by atoms with van der Waals surface area (Å²) in [6.45, 7) is 4.00. The summed E-state index contributed by atoms with van der Waals surface area (Å²) in [7, 11) is 0. The average molecular weight is 561 g/mol. The van der Waals surface area contributed by atoms with Crippen molar-refractivity contribution in [1.29, 1.82) is 0 Å². The van der Waals surface area contributed by atoms with E-state index in [1.54, 1.807) is 0 Å². The Morgan fingerprint density at radius 3 is 1.65 bits per heavy atom. The molecule has 0 aliphatic carbocycles. The van der Waals surface area contributed by atoms with Gasteiger partial charge in [-0.1, -0.05) is 107 Å². The second-order valence-corrected chi connectivity index (χ2v) is 10.5. The first-order valence-electron chi connectivity index (χ1n) is 16.2. The third-order valence-electron chi connectivity index (χ3n) is 6.60. The molecule has 0 amide bonds. The molecule has 1 atom stereocenters. The minimum absolute atomic E-state index is 0.0870. The van der Waals surface area contributed by atoms with Crippen LogP contribution in [-0.2, 0) is 19.1 Å². The Bertz CT molecular complexity index is 692. The average Bonchev–Trinajstić information content (AvgIpc) is 2.96. The van der Waals surface area contributed by atoms with Crippen molar-refractivity contribution in [2.75, 3.05) is 13.2 Å². The van der Waals surface area contributed by atoms with Crippen LogP contribution in [0.3, 0.4) is 0 Å². The number of carbonyl (C=O) groups is 2. The van der Waals surface area contributed by atoms with Gasteiger partial charge in [0.15, 0.2) is 6.10 Å². The molecule has 0 fully saturated rings. The predicted molar refractivity (Wildman–Crippen MR) is 168 cm³/mol. The van der Waals surface area contributed by atoms with Crippen LogP contribution in [-0.4, -0.2) is 36.4 Å². The van der Waals surface area contributed by atoms with Crippen molar-refractivity contribution in [2.24, 2.45) is 0 Å². The van der Waals surface area contributed by atoms with Crippen LogP contribution in [0.1, 0.15) is 142 Å². The van der Waals surface area contributed by atoms with Gasteiger partial charge in [-0.25, -0.2) is 0 Å². The molecule has 0 saturated heterocycles. The summed E-state index contributed by atoms with van der Waals surface area (Å²) in [4.78, 5) is 24.0. The van der Waals surface area contributed by atoms with Gasteiger partial charge in [0.2, 0.25) is 0 Å². The molecule has 0 spiro atoms. The number of allylic oxidation sites excluding steroid dienone is 8. The summed E-state index contributed by atoms with van der Waals surface area (Å²) in [5, 5.41) is 9.48. The van der Waals surface area contributed by atoms with Gasteiger partial charge < -0.3 is 14.6 Å². The second-order valence-electron chi connectivity index (χ2n) is 10.5. The van der Waals surface area contributed by atoms with Crippen LogP contribution in [0.4, 0.5) is 0 Å². The number of hydrogen-bond acceptors (Lipinski definition) is 5. The van der Waals surface area contributed by atoms with E-state index in [2.05, 4.69) is 62.5 Å². The zero-order chi connectivity index (χ0) is 29.4. The number of hydrogen-bond donors (Lipinski definition) is 1. The molecular weight excluding hydrogens is 500 g/mol. The first-order valence-corrected chi connectivity index (χ1v) is 16.2. The summed E-state index contributed by atoms with van der Waals surface area (Å²) in [5.74, 6) is -0.654. The van der Waals surface area contributed by atoms with Gasteiger partial charge in [0.25, 0.3) is 0 Å². The number of unbranched alkanes of at least 4 members (excludes halogenated alkanes) is 12. The van der Waals surface area contributed by atoms with E-state index in [4.69, 9.17) is 9.47 Å². The van der Waals surface area contributed by atoms with E-state index >= 15 is 0 Å². The van der Waals surface area contributed by atoms with Crippen molar-refractivity contribution >= 4 is 11.9 Å². The van der Waals surface area contributed by atoms with Crippen molar-refractivity contribution in [1.82, 2.24) is 0 Å². The first-order chi connectivity index (χ1) is 19.6. The fourth-order valence-corrected chi connectivity index (χ4v) is 4.07. The zero-order valence-electron chi connectivity index (χ0n) is 25.8. The normalized spacial score (nSPS) is 12.8. The first kappa shape index (κ1) is 37.9. The van der Waals surface area contributed by atoms with Gasteiger partial charge in [0.05, 0.1) is 6.61 Å². The van der Waals surface area contributed by atoms with Crippen molar-refractivity contribution in [3.8, 4) is 0 Å². The zero-order valence-corrected chi connectivity index (χ0v) is 25.8. The van der Waals surface area contributed by atoms with Crippen molar-refractivity contribution in [3.63, 3.8) is 0 Å². The molecule has 5 heteroatoms. The lowest BCUT2D eigenvalue weighted by Crippen LogP contribution is -2.28. The molecule has 40 heavy (non-hydrogen) atoms. The number of rotatable bonds is 28. The lowest BCUT2D eigenvalue weighted by Gasteiger charge is -2.15. The lowest BCUT2D eigenvalue weighted by atomic mass is 10.1. The van der Waals surface area contributed by atoms with Crippen LogP contribution >= 0.6 is 0 Å². The van der Waals surface area contributed by atoms with Gasteiger partial charge >= 0.3 is 11.9 Å². The van der Waals surface area contributed by atoms with Crippen LogP contribution in [0.2, 0.25) is 0 Å². The summed E-state index contributed by atoms with van der Waals surface area (Å²) < 4.78 is 10.5.